The van der Waals surface area contributed by atoms with Gasteiger partial charge in [-0.3, -0.25) is 4.79 Å². The minimum absolute atomic E-state index is 0.107. The van der Waals surface area contributed by atoms with E-state index in [0.29, 0.717) is 12.8 Å². The zero-order chi connectivity index (χ0) is 9.73. The van der Waals surface area contributed by atoms with Gasteiger partial charge in [0.25, 0.3) is 0 Å². The van der Waals surface area contributed by atoms with Crippen LogP contribution < -0.4 is 0 Å². The molecule has 0 aromatic heterocycles. The highest BCUT2D eigenvalue weighted by Gasteiger charge is 2.38. The molecule has 13 heavy (non-hydrogen) atoms. The average molecular weight is 186 g/mol. The molecule has 1 atom stereocenters. The third-order valence-corrected chi connectivity index (χ3v) is 2.67. The molecule has 1 heterocycles. The van der Waals surface area contributed by atoms with E-state index in [2.05, 4.69) is 6.92 Å². The number of rotatable bonds is 5. The molecule has 1 aliphatic heterocycles. The van der Waals surface area contributed by atoms with E-state index in [9.17, 15) is 4.79 Å². The third-order valence-electron chi connectivity index (χ3n) is 2.67. The average Bonchev–Trinajstić information content (AvgIpc) is 2.46. The number of ether oxygens (including phenoxy) is 1. The molecule has 1 saturated heterocycles. The lowest BCUT2D eigenvalue weighted by Gasteiger charge is -2.26. The van der Waals surface area contributed by atoms with Crippen LogP contribution in [-0.4, -0.2) is 23.3 Å². The van der Waals surface area contributed by atoms with Gasteiger partial charge in [0.2, 0.25) is 0 Å². The monoisotopic (exact) mass is 186 g/mol. The Hall–Kier alpha value is -0.570. The topological polar surface area (TPSA) is 46.5 Å². The Balaban J connectivity index is 2.48. The Kier molecular flexibility index (Phi) is 3.72. The molecule has 0 spiro atoms. The SMILES string of the molecule is CCCCC1(CCO)CCC(=O)O1. The lowest BCUT2D eigenvalue weighted by molar-refractivity contribution is -0.150. The van der Waals surface area contributed by atoms with Crippen LogP contribution >= 0.6 is 0 Å². The van der Waals surface area contributed by atoms with Gasteiger partial charge in [0, 0.05) is 19.4 Å². The van der Waals surface area contributed by atoms with Gasteiger partial charge < -0.3 is 9.84 Å². The highest BCUT2D eigenvalue weighted by atomic mass is 16.6. The van der Waals surface area contributed by atoms with Crippen LogP contribution in [0.4, 0.5) is 0 Å². The zero-order valence-corrected chi connectivity index (χ0v) is 8.21. The van der Waals surface area contributed by atoms with E-state index in [1.54, 1.807) is 0 Å². The molecular weight excluding hydrogens is 168 g/mol. The smallest absolute Gasteiger partial charge is 0.306 e. The molecule has 0 radical (unpaired) electrons. The van der Waals surface area contributed by atoms with Gasteiger partial charge in [-0.1, -0.05) is 13.3 Å². The summed E-state index contributed by atoms with van der Waals surface area (Å²) in [5.41, 5.74) is -0.332. The summed E-state index contributed by atoms with van der Waals surface area (Å²) in [6.45, 7) is 2.22. The second kappa shape index (κ2) is 4.61. The number of aliphatic hydroxyl groups excluding tert-OH is 1. The van der Waals surface area contributed by atoms with E-state index >= 15 is 0 Å². The number of hydrogen-bond acceptors (Lipinski definition) is 3. The summed E-state index contributed by atoms with van der Waals surface area (Å²) in [4.78, 5) is 11.0. The number of unbranched alkanes of at least 4 members (excludes halogenated alkanes) is 1. The highest BCUT2D eigenvalue weighted by Crippen LogP contribution is 2.34. The van der Waals surface area contributed by atoms with Crippen LogP contribution in [0.1, 0.15) is 45.4 Å². The number of aliphatic hydroxyl groups is 1. The van der Waals surface area contributed by atoms with Crippen molar-refractivity contribution in [2.45, 2.75) is 51.0 Å². The summed E-state index contributed by atoms with van der Waals surface area (Å²) in [6.07, 6.45) is 4.96. The number of carbonyl (C=O) groups is 1. The fraction of sp³-hybridized carbons (Fsp3) is 0.900. The lowest BCUT2D eigenvalue weighted by Crippen LogP contribution is -2.29. The van der Waals surface area contributed by atoms with Gasteiger partial charge in [-0.2, -0.15) is 0 Å². The molecule has 3 nitrogen and oxygen atoms in total. The van der Waals surface area contributed by atoms with Gasteiger partial charge in [-0.05, 0) is 19.3 Å². The first-order valence-electron chi connectivity index (χ1n) is 5.05. The predicted molar refractivity (Wildman–Crippen MR) is 49.3 cm³/mol. The zero-order valence-electron chi connectivity index (χ0n) is 8.21. The van der Waals surface area contributed by atoms with Crippen molar-refractivity contribution < 1.29 is 14.6 Å². The van der Waals surface area contributed by atoms with Crippen molar-refractivity contribution in [3.8, 4) is 0 Å². The largest absolute Gasteiger partial charge is 0.459 e. The molecule has 1 unspecified atom stereocenters. The molecule has 0 saturated carbocycles. The first kappa shape index (κ1) is 10.5. The molecule has 1 fully saturated rings. The Morgan fingerprint density at radius 1 is 1.54 bits per heavy atom. The molecule has 0 aromatic carbocycles. The molecule has 0 bridgehead atoms. The maximum Gasteiger partial charge on any atom is 0.306 e. The lowest BCUT2D eigenvalue weighted by atomic mass is 9.90. The van der Waals surface area contributed by atoms with Crippen molar-refractivity contribution in [3.05, 3.63) is 0 Å². The second-order valence-corrected chi connectivity index (χ2v) is 3.73. The first-order chi connectivity index (χ1) is 6.22. The second-order valence-electron chi connectivity index (χ2n) is 3.73. The predicted octanol–water partition coefficient (Wildman–Crippen LogP) is 1.63. The van der Waals surface area contributed by atoms with E-state index < -0.39 is 0 Å². The molecule has 1 N–H and O–H groups in total. The summed E-state index contributed by atoms with van der Waals surface area (Å²) in [5, 5.41) is 8.89. The molecule has 1 rings (SSSR count). The fourth-order valence-electron chi connectivity index (χ4n) is 1.85. The van der Waals surface area contributed by atoms with Crippen molar-refractivity contribution in [1.29, 1.82) is 0 Å². The van der Waals surface area contributed by atoms with E-state index in [1.165, 1.54) is 0 Å². The number of hydrogen-bond donors (Lipinski definition) is 1. The van der Waals surface area contributed by atoms with Gasteiger partial charge in [0.05, 0.1) is 0 Å². The Labute approximate surface area is 79.1 Å². The maximum absolute atomic E-state index is 11.0. The molecule has 76 valence electrons. The third kappa shape index (κ3) is 2.69. The van der Waals surface area contributed by atoms with Crippen LogP contribution in [0.3, 0.4) is 0 Å². The fourth-order valence-corrected chi connectivity index (χ4v) is 1.85. The molecule has 1 aliphatic rings. The number of cyclic esters (lactones) is 1. The molecule has 0 aromatic rings. The van der Waals surface area contributed by atoms with Crippen molar-refractivity contribution in [1.82, 2.24) is 0 Å². The summed E-state index contributed by atoms with van der Waals surface area (Å²) in [7, 11) is 0. The van der Waals surface area contributed by atoms with Crippen LogP contribution in [0.2, 0.25) is 0 Å². The standard InChI is InChI=1S/C10H18O3/c1-2-3-5-10(7-8-11)6-4-9(12)13-10/h11H,2-8H2,1H3. The quantitative estimate of drug-likeness (QED) is 0.664. The molecule has 3 heteroatoms. The van der Waals surface area contributed by atoms with Crippen LogP contribution in [0.5, 0.6) is 0 Å². The van der Waals surface area contributed by atoms with Crippen LogP contribution in [0.25, 0.3) is 0 Å². The van der Waals surface area contributed by atoms with Crippen LogP contribution in [-0.2, 0) is 9.53 Å². The van der Waals surface area contributed by atoms with Gasteiger partial charge >= 0.3 is 5.97 Å². The summed E-state index contributed by atoms with van der Waals surface area (Å²) >= 11 is 0. The van der Waals surface area contributed by atoms with E-state index in [4.69, 9.17) is 9.84 Å². The summed E-state index contributed by atoms with van der Waals surface area (Å²) < 4.78 is 5.29. The summed E-state index contributed by atoms with van der Waals surface area (Å²) in [6, 6.07) is 0. The number of esters is 1. The summed E-state index contributed by atoms with van der Waals surface area (Å²) in [5.74, 6) is -0.107. The minimum Gasteiger partial charge on any atom is -0.459 e. The van der Waals surface area contributed by atoms with Crippen molar-refractivity contribution in [3.63, 3.8) is 0 Å². The molecule has 0 amide bonds. The normalized spacial score (nSPS) is 27.7. The molecule has 0 aliphatic carbocycles. The van der Waals surface area contributed by atoms with E-state index in [0.717, 1.165) is 25.7 Å². The Morgan fingerprint density at radius 3 is 2.77 bits per heavy atom. The van der Waals surface area contributed by atoms with Gasteiger partial charge in [-0.15, -0.1) is 0 Å². The minimum atomic E-state index is -0.332. The number of carbonyl (C=O) groups excluding carboxylic acids is 1. The highest BCUT2D eigenvalue weighted by molar-refractivity contribution is 5.72. The van der Waals surface area contributed by atoms with E-state index in [1.807, 2.05) is 0 Å². The maximum atomic E-state index is 11.0. The van der Waals surface area contributed by atoms with Gasteiger partial charge in [0.15, 0.2) is 0 Å². The van der Waals surface area contributed by atoms with Crippen molar-refractivity contribution in [2.75, 3.05) is 6.61 Å². The van der Waals surface area contributed by atoms with Crippen molar-refractivity contribution >= 4 is 5.97 Å². The first-order valence-corrected chi connectivity index (χ1v) is 5.05. The Bertz CT molecular complexity index is 179. The van der Waals surface area contributed by atoms with Crippen LogP contribution in [0.15, 0.2) is 0 Å². The molecular formula is C10H18O3. The van der Waals surface area contributed by atoms with Gasteiger partial charge in [-0.25, -0.2) is 0 Å². The Morgan fingerprint density at radius 2 is 2.31 bits per heavy atom. The van der Waals surface area contributed by atoms with Gasteiger partial charge in [0.1, 0.15) is 5.60 Å². The van der Waals surface area contributed by atoms with Crippen LogP contribution in [0, 0.1) is 0 Å². The van der Waals surface area contributed by atoms with E-state index in [-0.39, 0.29) is 18.2 Å². The van der Waals surface area contributed by atoms with Crippen molar-refractivity contribution in [2.24, 2.45) is 0 Å².